The Morgan fingerprint density at radius 3 is 2.70 bits per heavy atom. The van der Waals surface area contributed by atoms with E-state index in [0.29, 0.717) is 26.1 Å². The van der Waals surface area contributed by atoms with E-state index in [4.69, 9.17) is 14.9 Å². The molecule has 0 aliphatic carbocycles. The Labute approximate surface area is 136 Å². The lowest BCUT2D eigenvalue weighted by atomic mass is 10.00. The quantitative estimate of drug-likeness (QED) is 0.490. The molecule has 23 heavy (non-hydrogen) atoms. The number of carbonyl (C=O) groups is 3. The minimum Gasteiger partial charge on any atom is -0.461 e. The van der Waals surface area contributed by atoms with Crippen LogP contribution in [0.15, 0.2) is 0 Å². The molecule has 0 unspecified atom stereocenters. The average Bonchev–Trinajstić information content (AvgIpc) is 2.53. The van der Waals surface area contributed by atoms with Gasteiger partial charge in [0.2, 0.25) is 5.91 Å². The lowest BCUT2D eigenvalue weighted by molar-refractivity contribution is -0.152. The zero-order chi connectivity index (χ0) is 17.2. The van der Waals surface area contributed by atoms with Crippen molar-refractivity contribution in [1.29, 1.82) is 5.41 Å². The minimum atomic E-state index is -0.773. The van der Waals surface area contributed by atoms with E-state index in [1.54, 1.807) is 13.8 Å². The third-order valence-corrected chi connectivity index (χ3v) is 3.56. The lowest BCUT2D eigenvalue weighted by Gasteiger charge is -2.24. The second kappa shape index (κ2) is 10.1. The van der Waals surface area contributed by atoms with Gasteiger partial charge in [0.05, 0.1) is 24.8 Å². The van der Waals surface area contributed by atoms with E-state index in [9.17, 15) is 14.4 Å². The molecule has 2 atom stereocenters. The van der Waals surface area contributed by atoms with Crippen LogP contribution >= 0.6 is 0 Å². The summed E-state index contributed by atoms with van der Waals surface area (Å²) in [5.41, 5.74) is 0. The highest BCUT2D eigenvalue weighted by atomic mass is 16.5. The molecule has 1 heterocycles. The van der Waals surface area contributed by atoms with Gasteiger partial charge in [0.15, 0.2) is 5.78 Å². The van der Waals surface area contributed by atoms with Gasteiger partial charge in [-0.05, 0) is 39.5 Å². The van der Waals surface area contributed by atoms with Crippen molar-refractivity contribution in [1.82, 2.24) is 5.32 Å². The van der Waals surface area contributed by atoms with Crippen LogP contribution in [0.5, 0.6) is 0 Å². The van der Waals surface area contributed by atoms with Crippen LogP contribution in [0.2, 0.25) is 0 Å². The van der Waals surface area contributed by atoms with Crippen LogP contribution in [0.3, 0.4) is 0 Å². The van der Waals surface area contributed by atoms with Gasteiger partial charge in [-0.2, -0.15) is 0 Å². The van der Waals surface area contributed by atoms with E-state index in [2.05, 4.69) is 5.32 Å². The predicted molar refractivity (Wildman–Crippen MR) is 84.3 cm³/mol. The Hall–Kier alpha value is -1.76. The maximum Gasteiger partial charge on any atom is 0.328 e. The molecule has 0 radical (unpaired) electrons. The molecule has 7 nitrogen and oxygen atoms in total. The monoisotopic (exact) mass is 326 g/mol. The molecule has 1 aliphatic heterocycles. The Balaban J connectivity index is 2.57. The highest BCUT2D eigenvalue weighted by molar-refractivity contribution is 6.26. The van der Waals surface area contributed by atoms with Gasteiger partial charge in [-0.1, -0.05) is 0 Å². The zero-order valence-corrected chi connectivity index (χ0v) is 13.8. The van der Waals surface area contributed by atoms with Crippen LogP contribution in [0, 0.1) is 11.3 Å². The van der Waals surface area contributed by atoms with E-state index in [1.165, 1.54) is 0 Å². The van der Waals surface area contributed by atoms with Gasteiger partial charge in [0.25, 0.3) is 0 Å². The second-order valence-electron chi connectivity index (χ2n) is 5.96. The zero-order valence-electron chi connectivity index (χ0n) is 13.8. The van der Waals surface area contributed by atoms with Crippen LogP contribution in [0.25, 0.3) is 0 Å². The topological polar surface area (TPSA) is 106 Å². The summed E-state index contributed by atoms with van der Waals surface area (Å²) in [5.74, 6) is -1.25. The van der Waals surface area contributed by atoms with Crippen LogP contribution < -0.4 is 5.32 Å². The molecule has 1 aliphatic rings. The van der Waals surface area contributed by atoms with E-state index in [1.807, 2.05) is 0 Å². The molecular formula is C16H26N2O5. The van der Waals surface area contributed by atoms with Crippen molar-refractivity contribution in [3.8, 4) is 0 Å². The van der Waals surface area contributed by atoms with Crippen molar-refractivity contribution >= 4 is 23.9 Å². The van der Waals surface area contributed by atoms with E-state index >= 15 is 0 Å². The number of esters is 1. The maximum atomic E-state index is 12.2. The summed E-state index contributed by atoms with van der Waals surface area (Å²) >= 11 is 0. The molecule has 2 N–H and O–H groups in total. The summed E-state index contributed by atoms with van der Waals surface area (Å²) in [6, 6.07) is -0.773. The first kappa shape index (κ1) is 19.3. The molecule has 1 amide bonds. The maximum absolute atomic E-state index is 12.2. The first-order chi connectivity index (χ1) is 10.9. The number of amides is 1. The fraction of sp³-hybridized carbons (Fsp3) is 0.750. The van der Waals surface area contributed by atoms with Gasteiger partial charge in [0, 0.05) is 13.0 Å². The molecule has 1 saturated heterocycles. The number of rotatable bonds is 9. The SMILES string of the molecule is CC(C)OC(=O)[C@H](CCCC(=O)C=N)NC(=O)[C@@H]1CCCOC1. The van der Waals surface area contributed by atoms with Crippen molar-refractivity contribution in [2.45, 2.75) is 58.1 Å². The molecular weight excluding hydrogens is 300 g/mol. The fourth-order valence-electron chi connectivity index (χ4n) is 2.35. The lowest BCUT2D eigenvalue weighted by Crippen LogP contribution is -2.46. The molecule has 0 aromatic carbocycles. The van der Waals surface area contributed by atoms with Crippen molar-refractivity contribution in [3.63, 3.8) is 0 Å². The highest BCUT2D eigenvalue weighted by Gasteiger charge is 2.28. The van der Waals surface area contributed by atoms with Gasteiger partial charge >= 0.3 is 5.97 Å². The molecule has 1 fully saturated rings. The smallest absolute Gasteiger partial charge is 0.328 e. The molecule has 1 rings (SSSR count). The minimum absolute atomic E-state index is 0.178. The summed E-state index contributed by atoms with van der Waals surface area (Å²) in [6.07, 6.45) is 2.95. The van der Waals surface area contributed by atoms with E-state index in [0.717, 1.165) is 19.1 Å². The summed E-state index contributed by atoms with van der Waals surface area (Å²) in [6.45, 7) is 4.51. The Morgan fingerprint density at radius 1 is 1.39 bits per heavy atom. The van der Waals surface area contributed by atoms with Crippen LogP contribution in [-0.2, 0) is 23.9 Å². The first-order valence-electron chi connectivity index (χ1n) is 8.06. The van der Waals surface area contributed by atoms with Crippen molar-refractivity contribution in [2.75, 3.05) is 13.2 Å². The van der Waals surface area contributed by atoms with Crippen molar-refractivity contribution in [3.05, 3.63) is 0 Å². The number of hydrogen-bond acceptors (Lipinski definition) is 6. The largest absolute Gasteiger partial charge is 0.461 e. The standard InChI is InChI=1S/C16H26N2O5/c1-11(2)23-16(21)14(7-3-6-13(19)9-17)18-15(20)12-5-4-8-22-10-12/h9,11-12,14,17H,3-8,10H2,1-2H3,(H,18,20)/t12-,14+/m1/s1. The molecule has 0 aromatic heterocycles. The number of ketones is 1. The molecule has 0 bridgehead atoms. The molecule has 7 heteroatoms. The Kier molecular flexibility index (Phi) is 8.47. The van der Waals surface area contributed by atoms with Gasteiger partial charge in [-0.3, -0.25) is 9.59 Å². The van der Waals surface area contributed by atoms with Gasteiger partial charge < -0.3 is 20.2 Å². The van der Waals surface area contributed by atoms with Crippen molar-refractivity contribution < 1.29 is 23.9 Å². The number of hydrogen-bond donors (Lipinski definition) is 2. The normalized spacial score (nSPS) is 19.0. The number of Topliss-reactive ketones (excluding diaryl/α,β-unsaturated/α-hetero) is 1. The molecule has 0 spiro atoms. The average molecular weight is 326 g/mol. The first-order valence-corrected chi connectivity index (χ1v) is 8.06. The second-order valence-corrected chi connectivity index (χ2v) is 5.96. The van der Waals surface area contributed by atoms with E-state index in [-0.39, 0.29) is 30.1 Å². The van der Waals surface area contributed by atoms with Gasteiger partial charge in [0.1, 0.15) is 6.04 Å². The van der Waals surface area contributed by atoms with Crippen LogP contribution in [-0.4, -0.2) is 49.2 Å². The fourth-order valence-corrected chi connectivity index (χ4v) is 2.35. The molecule has 0 aromatic rings. The number of nitrogens with one attached hydrogen (secondary N) is 2. The van der Waals surface area contributed by atoms with Gasteiger partial charge in [-0.25, -0.2) is 4.79 Å². The highest BCUT2D eigenvalue weighted by Crippen LogP contribution is 2.15. The molecule has 0 saturated carbocycles. The van der Waals surface area contributed by atoms with Crippen LogP contribution in [0.4, 0.5) is 0 Å². The summed E-state index contributed by atoms with van der Waals surface area (Å²) < 4.78 is 10.5. The summed E-state index contributed by atoms with van der Waals surface area (Å²) in [5, 5.41) is 9.59. The van der Waals surface area contributed by atoms with Crippen molar-refractivity contribution in [2.24, 2.45) is 5.92 Å². The van der Waals surface area contributed by atoms with E-state index < -0.39 is 12.0 Å². The third-order valence-electron chi connectivity index (χ3n) is 3.56. The molecule has 130 valence electrons. The predicted octanol–water partition coefficient (Wildman–Crippen LogP) is 1.24. The summed E-state index contributed by atoms with van der Waals surface area (Å²) in [4.78, 5) is 35.5. The Bertz CT molecular complexity index is 430. The third kappa shape index (κ3) is 7.36. The van der Waals surface area contributed by atoms with Gasteiger partial charge in [-0.15, -0.1) is 0 Å². The Morgan fingerprint density at radius 2 is 2.13 bits per heavy atom. The number of carbonyl (C=O) groups excluding carboxylic acids is 3. The number of ether oxygens (including phenoxy) is 2. The summed E-state index contributed by atoms with van der Waals surface area (Å²) in [7, 11) is 0. The van der Waals surface area contributed by atoms with Crippen LogP contribution in [0.1, 0.15) is 46.0 Å².